The summed E-state index contributed by atoms with van der Waals surface area (Å²) in [7, 11) is -5.39. The molecule has 6 aliphatic rings. The van der Waals surface area contributed by atoms with Crippen molar-refractivity contribution in [2.24, 2.45) is 0 Å². The molecule has 0 bridgehead atoms. The SMILES string of the molecule is CC(=O)OC[C@H]1O[C@@H](n2ccc(=O)[nH]c2=O)[C@H](OC2CCCCO2)[C@@]1(O)[n+]1ccccc1.CC(=O)OC[C@H]1O[C@@H](n2ccc(=O)[nH]c2=O)[C@H](OC2CCCCO2)[C@@]1(O)[n+]1ccccc1.CC(=O)OC[C@H]1O[C@@H](n2ccc(=O)[nH]c2=O)[C@H](OC2CCCCO2)[C@@]1(O)[n+]1ccccc1.O=P([O-])([O-])[O-]. The van der Waals surface area contributed by atoms with Crippen molar-refractivity contribution in [3.05, 3.63) is 191 Å². The Bertz CT molecular complexity index is 3730. The Kier molecular flexibility index (Phi) is 26.2. The molecular weight excluding hydrogens is 1360 g/mol. The minimum absolute atomic E-state index is 0.284. The van der Waals surface area contributed by atoms with Crippen molar-refractivity contribution >= 4 is 25.7 Å². The Labute approximate surface area is 572 Å². The number of ether oxygens (including phenoxy) is 12. The number of rotatable bonds is 18. The van der Waals surface area contributed by atoms with Crippen LogP contribution in [-0.2, 0) is 93.0 Å². The van der Waals surface area contributed by atoms with Gasteiger partial charge < -0.3 is 91.4 Å². The van der Waals surface area contributed by atoms with Gasteiger partial charge in [-0.15, -0.1) is 0 Å². The summed E-state index contributed by atoms with van der Waals surface area (Å²) in [5.41, 5.74) is -9.48. The molecule has 0 spiro atoms. The fraction of sp³-hybridized carbons (Fsp3) is 0.524. The van der Waals surface area contributed by atoms with E-state index < -0.39 is 151 Å². The highest BCUT2D eigenvalue weighted by Crippen LogP contribution is 2.44. The van der Waals surface area contributed by atoms with Crippen LogP contribution in [0.5, 0.6) is 0 Å². The summed E-state index contributed by atoms with van der Waals surface area (Å²) >= 11 is 0. The van der Waals surface area contributed by atoms with E-state index in [4.69, 9.17) is 76.1 Å². The summed E-state index contributed by atoms with van der Waals surface area (Å²) in [6.07, 6.45) is 8.78. The maximum Gasteiger partial charge on any atom is 0.331 e. The van der Waals surface area contributed by atoms with Crippen LogP contribution >= 0.6 is 7.82 Å². The van der Waals surface area contributed by atoms with E-state index in [1.165, 1.54) is 71.3 Å². The van der Waals surface area contributed by atoms with Crippen molar-refractivity contribution in [3.8, 4) is 0 Å². The molecule has 12 rings (SSSR count). The van der Waals surface area contributed by atoms with Gasteiger partial charge in [-0.25, -0.2) is 14.4 Å². The largest absolute Gasteiger partial charge is 0.822 e. The number of nitrogens with zero attached hydrogens (tertiary/aromatic N) is 6. The van der Waals surface area contributed by atoms with E-state index >= 15 is 0 Å². The molecule has 38 heteroatoms. The molecule has 6 fully saturated rings. The monoisotopic (exact) mass is 1440 g/mol. The number of H-pyrrole nitrogens is 3. The first-order valence-electron chi connectivity index (χ1n) is 32.1. The van der Waals surface area contributed by atoms with Gasteiger partial charge in [0.25, 0.3) is 16.7 Å². The van der Waals surface area contributed by atoms with Crippen LogP contribution in [0.25, 0.3) is 0 Å². The van der Waals surface area contributed by atoms with Crippen molar-refractivity contribution in [1.29, 1.82) is 0 Å². The summed E-state index contributed by atoms with van der Waals surface area (Å²) in [4.78, 5) is 139. The molecule has 12 heterocycles. The minimum atomic E-state index is -5.39. The minimum Gasteiger partial charge on any atom is -0.822 e. The number of carbonyl (C=O) groups is 3. The van der Waals surface area contributed by atoms with Crippen molar-refractivity contribution in [3.63, 3.8) is 0 Å². The van der Waals surface area contributed by atoms with Gasteiger partial charge in [0.1, 0.15) is 19.8 Å². The molecule has 6 N–H and O–H groups in total. The van der Waals surface area contributed by atoms with E-state index in [1.807, 2.05) is 0 Å². The summed E-state index contributed by atoms with van der Waals surface area (Å²) < 4.78 is 85.8. The Morgan fingerprint density at radius 2 is 0.713 bits per heavy atom. The molecule has 0 radical (unpaired) electrons. The fourth-order valence-electron chi connectivity index (χ4n) is 12.1. The molecule has 3 unspecified atom stereocenters. The number of carbonyl (C=O) groups excluding carboxylic acids is 3. The zero-order valence-electron chi connectivity index (χ0n) is 54.8. The second-order valence-electron chi connectivity index (χ2n) is 23.7. The number of esters is 3. The molecule has 6 aromatic rings. The standard InChI is InChI=1S/3C21H25N3O8.H3O4P/c3*1-14(25)30-13-15-21(28,23-9-4-2-5-10-23)18(32-17-7-3-6-12-29-17)19(31-15)24-11-8-16(26)22-20(24)27;1-5(2,3)4/h3*2,4-5,8-11,15,17-19,28H,3,6-7,12-13H2,1H3;(H3,1,2,3,4)/t3*15-,17?,18+,19-,21-;/m111./s1. The zero-order valence-corrected chi connectivity index (χ0v) is 55.7. The third-order valence-corrected chi connectivity index (χ3v) is 16.8. The number of hydrogen-bond donors (Lipinski definition) is 6. The third kappa shape index (κ3) is 19.2. The Hall–Kier alpha value is -8.47. The van der Waals surface area contributed by atoms with Gasteiger partial charge in [-0.3, -0.25) is 57.4 Å². The highest BCUT2D eigenvalue weighted by molar-refractivity contribution is 7.40. The average molecular weight is 1440 g/mol. The number of aliphatic hydroxyl groups is 3. The quantitative estimate of drug-likeness (QED) is 0.0206. The molecule has 6 saturated heterocycles. The van der Waals surface area contributed by atoms with Crippen LogP contribution in [-0.4, -0.2) is 157 Å². The highest BCUT2D eigenvalue weighted by atomic mass is 31.2. The highest BCUT2D eigenvalue weighted by Gasteiger charge is 2.69. The molecule has 0 aromatic carbocycles. The molecule has 6 aromatic heterocycles. The van der Waals surface area contributed by atoms with Crippen LogP contribution < -0.4 is 62.1 Å². The fourth-order valence-corrected chi connectivity index (χ4v) is 12.1. The average Bonchev–Trinajstić information content (AvgIpc) is 1.61. The number of hydrogen-bond acceptors (Lipinski definition) is 28. The molecule has 6 aliphatic heterocycles. The van der Waals surface area contributed by atoms with E-state index in [9.17, 15) is 58.5 Å². The molecule has 101 heavy (non-hydrogen) atoms. The Balaban J connectivity index is 0.000000170. The van der Waals surface area contributed by atoms with Crippen molar-refractivity contribution in [1.82, 2.24) is 28.7 Å². The first-order chi connectivity index (χ1) is 48.2. The summed E-state index contributed by atoms with van der Waals surface area (Å²) in [5.74, 6) is -1.65. The van der Waals surface area contributed by atoms with Gasteiger partial charge >= 0.3 is 52.2 Å². The van der Waals surface area contributed by atoms with Gasteiger partial charge in [0.05, 0.1) is 0 Å². The van der Waals surface area contributed by atoms with E-state index in [0.717, 1.165) is 52.2 Å². The Morgan fingerprint density at radius 1 is 0.465 bits per heavy atom. The van der Waals surface area contributed by atoms with Crippen LogP contribution in [0.1, 0.15) is 97.2 Å². The summed E-state index contributed by atoms with van der Waals surface area (Å²) in [5, 5.41) is 35.9. The lowest BCUT2D eigenvalue weighted by molar-refractivity contribution is -0.819. The molecule has 0 saturated carbocycles. The van der Waals surface area contributed by atoms with Gasteiger partial charge in [-0.1, -0.05) is 18.2 Å². The molecule has 15 atom stereocenters. The molecular formula is C63H78N9O28P. The molecule has 37 nitrogen and oxygen atoms in total. The maximum atomic E-state index is 12.6. The van der Waals surface area contributed by atoms with E-state index in [0.29, 0.717) is 39.1 Å². The first kappa shape index (κ1) is 76.7. The summed E-state index contributed by atoms with van der Waals surface area (Å²) in [6.45, 7) is 4.42. The maximum absolute atomic E-state index is 12.6. The second-order valence-corrected chi connectivity index (χ2v) is 24.6. The third-order valence-electron chi connectivity index (χ3n) is 16.8. The second kappa shape index (κ2) is 34.5. The lowest BCUT2D eigenvalue weighted by Gasteiger charge is -2.36. The van der Waals surface area contributed by atoms with E-state index in [1.54, 1.807) is 91.8 Å². The van der Waals surface area contributed by atoms with Crippen LogP contribution in [0.3, 0.4) is 0 Å². The van der Waals surface area contributed by atoms with Crippen molar-refractivity contribution in [2.45, 2.75) is 170 Å². The zero-order chi connectivity index (χ0) is 72.7. The van der Waals surface area contributed by atoms with Gasteiger partial charge in [0.15, 0.2) is 111 Å². The van der Waals surface area contributed by atoms with Crippen molar-refractivity contribution < 1.29 is 119 Å². The van der Waals surface area contributed by atoms with Gasteiger partial charge in [0, 0.05) is 114 Å². The van der Waals surface area contributed by atoms with Gasteiger partial charge in [-0.2, -0.15) is 21.5 Å². The van der Waals surface area contributed by atoms with Crippen LogP contribution in [0.2, 0.25) is 0 Å². The van der Waals surface area contributed by atoms with Gasteiger partial charge in [0.2, 0.25) is 0 Å². The molecule has 0 aliphatic carbocycles. The predicted molar refractivity (Wildman–Crippen MR) is 329 cm³/mol. The lowest BCUT2D eigenvalue weighted by Crippen LogP contribution is -2.68. The molecule has 548 valence electrons. The Morgan fingerprint density at radius 3 is 0.921 bits per heavy atom. The molecule has 0 amide bonds. The first-order valence-corrected chi connectivity index (χ1v) is 33.6. The topological polar surface area (TPSA) is 485 Å². The van der Waals surface area contributed by atoms with Gasteiger partial charge in [-0.05, 0) is 57.8 Å². The number of phosphoric acid groups is 1. The smallest absolute Gasteiger partial charge is 0.331 e. The van der Waals surface area contributed by atoms with Crippen LogP contribution in [0.4, 0.5) is 0 Å². The predicted octanol–water partition coefficient (Wildman–Crippen LogP) is -4.20. The normalized spacial score (nSPS) is 29.3. The number of aromatic amines is 3. The lowest BCUT2D eigenvalue weighted by atomic mass is 10.0. The number of pyridine rings is 3. The van der Waals surface area contributed by atoms with E-state index in [-0.39, 0.29) is 19.8 Å². The number of nitrogens with one attached hydrogen (secondary N) is 3. The van der Waals surface area contributed by atoms with Crippen molar-refractivity contribution in [2.75, 3.05) is 39.6 Å². The number of aromatic nitrogens is 9. The van der Waals surface area contributed by atoms with Crippen LogP contribution in [0.15, 0.2) is 157 Å². The van der Waals surface area contributed by atoms with Crippen LogP contribution in [0, 0.1) is 0 Å². The summed E-state index contributed by atoms with van der Waals surface area (Å²) in [6, 6.07) is 19.2. The van der Waals surface area contributed by atoms with E-state index in [2.05, 4.69) is 15.0 Å².